The zero-order valence-electron chi connectivity index (χ0n) is 16.5. The van der Waals surface area contributed by atoms with Crippen LogP contribution in [0.3, 0.4) is 0 Å². The Morgan fingerprint density at radius 3 is 2.41 bits per heavy atom. The molecule has 2 fully saturated rings. The number of fused-ring (bicyclic) bond motifs is 2. The van der Waals surface area contributed by atoms with Crippen molar-refractivity contribution in [3.05, 3.63) is 47.5 Å². The SMILES string of the molecule is Cc1cccnc1C1(O)C2CCCC1CN(Cc1cnc(N(C)C)nc1)C2. The third-order valence-corrected chi connectivity index (χ3v) is 6.19. The third-order valence-electron chi connectivity index (χ3n) is 6.19. The van der Waals surface area contributed by atoms with Gasteiger partial charge in [-0.2, -0.15) is 0 Å². The summed E-state index contributed by atoms with van der Waals surface area (Å²) in [5, 5.41) is 11.8. The van der Waals surface area contributed by atoms with Gasteiger partial charge >= 0.3 is 0 Å². The second-order valence-electron chi connectivity index (χ2n) is 8.30. The molecule has 0 aromatic carbocycles. The molecule has 1 saturated heterocycles. The van der Waals surface area contributed by atoms with Crippen molar-refractivity contribution in [3.8, 4) is 0 Å². The van der Waals surface area contributed by atoms with Gasteiger partial charge in [0.15, 0.2) is 0 Å². The zero-order chi connectivity index (χ0) is 19.0. The van der Waals surface area contributed by atoms with Crippen LogP contribution in [0.5, 0.6) is 0 Å². The number of aryl methyl sites for hydroxylation is 1. The maximum absolute atomic E-state index is 11.8. The van der Waals surface area contributed by atoms with Crippen LogP contribution in [-0.4, -0.2) is 52.1 Å². The molecule has 2 unspecified atom stereocenters. The topological polar surface area (TPSA) is 65.4 Å². The van der Waals surface area contributed by atoms with E-state index < -0.39 is 5.60 Å². The number of hydrogen-bond donors (Lipinski definition) is 1. The van der Waals surface area contributed by atoms with Crippen LogP contribution < -0.4 is 4.90 Å². The van der Waals surface area contributed by atoms with E-state index in [1.54, 1.807) is 0 Å². The monoisotopic (exact) mass is 367 g/mol. The Labute approximate surface area is 161 Å². The lowest BCUT2D eigenvalue weighted by molar-refractivity contribution is -0.151. The molecule has 1 saturated carbocycles. The minimum absolute atomic E-state index is 0.223. The predicted octanol–water partition coefficient (Wildman–Crippen LogP) is 2.37. The Kier molecular flexibility index (Phi) is 4.86. The molecule has 2 aliphatic rings. The van der Waals surface area contributed by atoms with E-state index in [0.717, 1.165) is 55.2 Å². The molecule has 2 aromatic rings. The first-order valence-corrected chi connectivity index (χ1v) is 9.83. The van der Waals surface area contributed by atoms with Crippen LogP contribution in [0.2, 0.25) is 0 Å². The van der Waals surface area contributed by atoms with Crippen LogP contribution in [0.4, 0.5) is 5.95 Å². The highest BCUT2D eigenvalue weighted by molar-refractivity contribution is 5.29. The van der Waals surface area contributed by atoms with E-state index in [1.807, 2.05) is 43.7 Å². The standard InChI is InChI=1S/C21H29N5O/c1-15-6-5-9-22-19(15)21(27)17-7-4-8-18(21)14-26(13-17)12-16-10-23-20(24-11-16)25(2)3/h5-6,9-11,17-18,27H,4,7-8,12-14H2,1-3H3. The van der Waals surface area contributed by atoms with Crippen molar-refractivity contribution in [2.45, 2.75) is 38.3 Å². The van der Waals surface area contributed by atoms with Gasteiger partial charge < -0.3 is 10.0 Å². The number of pyridine rings is 1. The number of aromatic nitrogens is 3. The lowest BCUT2D eigenvalue weighted by Gasteiger charge is -2.53. The Morgan fingerprint density at radius 2 is 1.81 bits per heavy atom. The van der Waals surface area contributed by atoms with Crippen LogP contribution in [0.1, 0.15) is 36.1 Å². The number of nitrogens with zero attached hydrogens (tertiary/aromatic N) is 5. The highest BCUT2D eigenvalue weighted by Crippen LogP contribution is 2.49. The first-order valence-electron chi connectivity index (χ1n) is 9.83. The van der Waals surface area contributed by atoms with Crippen molar-refractivity contribution in [1.82, 2.24) is 19.9 Å². The molecule has 0 amide bonds. The smallest absolute Gasteiger partial charge is 0.224 e. The predicted molar refractivity (Wildman–Crippen MR) is 105 cm³/mol. The number of anilines is 1. The summed E-state index contributed by atoms with van der Waals surface area (Å²) in [5.41, 5.74) is 2.31. The van der Waals surface area contributed by atoms with E-state index in [4.69, 9.17) is 0 Å². The van der Waals surface area contributed by atoms with Crippen LogP contribution in [0, 0.1) is 18.8 Å². The highest BCUT2D eigenvalue weighted by atomic mass is 16.3. The lowest BCUT2D eigenvalue weighted by atomic mass is 9.63. The number of piperidine rings is 1. The molecule has 6 heteroatoms. The van der Waals surface area contributed by atoms with Crippen molar-refractivity contribution in [2.24, 2.45) is 11.8 Å². The molecule has 1 N–H and O–H groups in total. The second-order valence-corrected chi connectivity index (χ2v) is 8.30. The lowest BCUT2D eigenvalue weighted by Crippen LogP contribution is -2.58. The molecule has 0 spiro atoms. The summed E-state index contributed by atoms with van der Waals surface area (Å²) in [6.07, 6.45) is 8.94. The molecule has 2 aromatic heterocycles. The van der Waals surface area contributed by atoms with E-state index in [-0.39, 0.29) is 11.8 Å². The Hall–Kier alpha value is -2.05. The van der Waals surface area contributed by atoms with Gasteiger partial charge in [0.25, 0.3) is 0 Å². The number of hydrogen-bond acceptors (Lipinski definition) is 6. The van der Waals surface area contributed by atoms with Gasteiger partial charge in [0.2, 0.25) is 5.95 Å². The van der Waals surface area contributed by atoms with E-state index in [2.05, 4.69) is 32.8 Å². The van der Waals surface area contributed by atoms with Crippen molar-refractivity contribution < 1.29 is 5.11 Å². The summed E-state index contributed by atoms with van der Waals surface area (Å²) in [4.78, 5) is 17.8. The van der Waals surface area contributed by atoms with Crippen LogP contribution in [0.15, 0.2) is 30.7 Å². The van der Waals surface area contributed by atoms with Crippen molar-refractivity contribution in [2.75, 3.05) is 32.1 Å². The van der Waals surface area contributed by atoms with Crippen LogP contribution >= 0.6 is 0 Å². The molecule has 27 heavy (non-hydrogen) atoms. The molecular formula is C21H29N5O. The summed E-state index contributed by atoms with van der Waals surface area (Å²) >= 11 is 0. The molecule has 3 heterocycles. The van der Waals surface area contributed by atoms with E-state index >= 15 is 0 Å². The molecule has 1 aliphatic heterocycles. The summed E-state index contributed by atoms with van der Waals surface area (Å²) < 4.78 is 0. The van der Waals surface area contributed by atoms with Crippen LogP contribution in [0.25, 0.3) is 0 Å². The van der Waals surface area contributed by atoms with Gasteiger partial charge in [0, 0.05) is 69.7 Å². The largest absolute Gasteiger partial charge is 0.383 e. The third kappa shape index (κ3) is 3.32. The van der Waals surface area contributed by atoms with Gasteiger partial charge in [-0.15, -0.1) is 0 Å². The first kappa shape index (κ1) is 18.3. The maximum atomic E-state index is 11.8. The fourth-order valence-electron chi connectivity index (χ4n) is 4.88. The molecule has 144 valence electrons. The fraction of sp³-hybridized carbons (Fsp3) is 0.571. The van der Waals surface area contributed by atoms with Gasteiger partial charge in [0.1, 0.15) is 5.60 Å². The molecular weight excluding hydrogens is 338 g/mol. The van der Waals surface area contributed by atoms with Gasteiger partial charge in [0.05, 0.1) is 5.69 Å². The fourth-order valence-corrected chi connectivity index (χ4v) is 4.88. The van der Waals surface area contributed by atoms with Gasteiger partial charge in [-0.1, -0.05) is 12.5 Å². The summed E-state index contributed by atoms with van der Waals surface area (Å²) in [7, 11) is 3.89. The van der Waals surface area contributed by atoms with Crippen LogP contribution in [-0.2, 0) is 12.1 Å². The average molecular weight is 367 g/mol. The Morgan fingerprint density at radius 1 is 1.15 bits per heavy atom. The number of likely N-dealkylation sites (tertiary alicyclic amines) is 1. The highest BCUT2D eigenvalue weighted by Gasteiger charge is 2.52. The Balaban J connectivity index is 1.54. The average Bonchev–Trinajstić information content (AvgIpc) is 2.63. The summed E-state index contributed by atoms with van der Waals surface area (Å²) in [5.74, 6) is 1.18. The molecule has 6 nitrogen and oxygen atoms in total. The molecule has 0 radical (unpaired) electrons. The summed E-state index contributed by atoms with van der Waals surface area (Å²) in [6, 6.07) is 4.01. The summed E-state index contributed by atoms with van der Waals surface area (Å²) in [6.45, 7) is 4.67. The van der Waals surface area contributed by atoms with E-state index in [0.29, 0.717) is 0 Å². The van der Waals surface area contributed by atoms with Gasteiger partial charge in [-0.05, 0) is 31.4 Å². The minimum atomic E-state index is -0.800. The normalized spacial score (nSPS) is 28.1. The van der Waals surface area contributed by atoms with Crippen molar-refractivity contribution in [3.63, 3.8) is 0 Å². The second kappa shape index (κ2) is 7.17. The van der Waals surface area contributed by atoms with Crippen molar-refractivity contribution in [1.29, 1.82) is 0 Å². The van der Waals surface area contributed by atoms with Crippen molar-refractivity contribution >= 4 is 5.95 Å². The molecule has 1 aliphatic carbocycles. The molecule has 2 bridgehead atoms. The molecule has 2 atom stereocenters. The van der Waals surface area contributed by atoms with Gasteiger partial charge in [-0.3, -0.25) is 9.88 Å². The number of aliphatic hydroxyl groups is 1. The quantitative estimate of drug-likeness (QED) is 0.895. The Bertz CT molecular complexity index is 777. The van der Waals surface area contributed by atoms with Gasteiger partial charge in [-0.25, -0.2) is 9.97 Å². The number of rotatable bonds is 4. The maximum Gasteiger partial charge on any atom is 0.224 e. The zero-order valence-corrected chi connectivity index (χ0v) is 16.5. The van der Waals surface area contributed by atoms with E-state index in [9.17, 15) is 5.11 Å². The first-order chi connectivity index (χ1) is 13.0. The van der Waals surface area contributed by atoms with E-state index in [1.165, 1.54) is 6.42 Å². The minimum Gasteiger partial charge on any atom is -0.383 e. The molecule has 4 rings (SSSR count).